The number of phosphoric acid groups is 2. The molecule has 3 rings (SSSR count). The SMILES string of the molecule is CCCCCCCC/C=C/CCCCCCCC(=O)O[C@@H](COC(C)=O)COP(=O)(O)OC[C@H](COP(=O)(O)OC[C@@H](COC(=O)CCCCCCCCCCCCCCCCC)OC(=O)CCCCCCCCCCCCCCCCC)OC(=O)CCCC1=C2C(C)=CC(C)N2[B-](F)(F)n2c(C)cc(C)c21. The zero-order valence-electron chi connectivity index (χ0n) is 67.6. The molecule has 20 nitrogen and oxygen atoms in total. The quantitative estimate of drug-likeness (QED) is 0.0154. The van der Waals surface area contributed by atoms with Gasteiger partial charge in [0.25, 0.3) is 0 Å². The molecule has 6 atom stereocenters. The van der Waals surface area contributed by atoms with Crippen molar-refractivity contribution in [2.75, 3.05) is 39.6 Å². The summed E-state index contributed by atoms with van der Waals surface area (Å²) >= 11 is 0. The summed E-state index contributed by atoms with van der Waals surface area (Å²) in [5, 5.41) is 0. The molecule has 0 fully saturated rings. The van der Waals surface area contributed by atoms with E-state index in [-0.39, 0.29) is 38.5 Å². The number of carbonyl (C=O) groups excluding carboxylic acids is 5. The lowest BCUT2D eigenvalue weighted by Crippen LogP contribution is -2.57. The highest BCUT2D eigenvalue weighted by atomic mass is 31.2. The number of halogens is 2. The summed E-state index contributed by atoms with van der Waals surface area (Å²) in [6.07, 6.45) is 50.7. The molecule has 0 aromatic carbocycles. The second kappa shape index (κ2) is 58.6. The second-order valence-corrected chi connectivity index (χ2v) is 33.0. The molecule has 0 radical (unpaired) electrons. The van der Waals surface area contributed by atoms with Crippen molar-refractivity contribution in [3.8, 4) is 0 Å². The number of aryl methyl sites for hydroxylation is 2. The van der Waals surface area contributed by atoms with Gasteiger partial charge in [-0.3, -0.25) is 42.1 Å². The molecule has 3 heterocycles. The summed E-state index contributed by atoms with van der Waals surface area (Å²) in [6.45, 7) is 5.95. The van der Waals surface area contributed by atoms with Crippen molar-refractivity contribution in [1.82, 2.24) is 9.29 Å². The number of esters is 5. The number of fused-ring (bicyclic) bond motifs is 2. The normalized spacial score (nSPS) is 16.1. The van der Waals surface area contributed by atoms with E-state index in [1.807, 2.05) is 0 Å². The number of phosphoric ester groups is 2. The molecule has 0 amide bonds. The number of ether oxygens (including phenoxy) is 5. The maximum Gasteiger partial charge on any atom is 0.529 e. The molecule has 0 spiro atoms. The number of rotatable bonds is 70. The van der Waals surface area contributed by atoms with E-state index in [4.69, 9.17) is 41.8 Å². The molecule has 107 heavy (non-hydrogen) atoms. The third kappa shape index (κ3) is 44.6. The van der Waals surface area contributed by atoms with Gasteiger partial charge in [-0.05, 0) is 114 Å². The molecule has 3 unspecified atom stereocenters. The lowest BCUT2D eigenvalue weighted by atomic mass is 9.83. The van der Waals surface area contributed by atoms with Crippen molar-refractivity contribution in [2.24, 2.45) is 0 Å². The van der Waals surface area contributed by atoms with Gasteiger partial charge in [0, 0.05) is 50.0 Å². The predicted octanol–water partition coefficient (Wildman–Crippen LogP) is 22.5. The molecule has 0 saturated heterocycles. The molecule has 618 valence electrons. The highest BCUT2D eigenvalue weighted by Crippen LogP contribution is 2.48. The lowest BCUT2D eigenvalue weighted by Gasteiger charge is -2.49. The summed E-state index contributed by atoms with van der Waals surface area (Å²) in [6, 6.07) is 1.09. The van der Waals surface area contributed by atoms with E-state index in [1.165, 1.54) is 167 Å². The first kappa shape index (κ1) is 97.0. The number of hydrogen-bond donors (Lipinski definition) is 2. The number of nitrogens with zero attached hydrogens (tertiary/aromatic N) is 2. The molecule has 2 N–H and O–H groups in total. The third-order valence-corrected chi connectivity index (χ3v) is 22.0. The second-order valence-electron chi connectivity index (χ2n) is 30.1. The number of hydrogen-bond acceptors (Lipinski definition) is 17. The highest BCUT2D eigenvalue weighted by molar-refractivity contribution is 7.47. The maximum absolute atomic E-state index is 16.4. The summed E-state index contributed by atoms with van der Waals surface area (Å²) in [7, 11) is -10.4. The van der Waals surface area contributed by atoms with Gasteiger partial charge in [0.1, 0.15) is 19.3 Å². The number of allylic oxidation sites excluding steroid dienone is 4. The van der Waals surface area contributed by atoms with Crippen LogP contribution in [0.25, 0.3) is 5.57 Å². The Hall–Kier alpha value is -4.21. The largest absolute Gasteiger partial charge is 0.529 e. The Labute approximate surface area is 644 Å². The van der Waals surface area contributed by atoms with Crippen molar-refractivity contribution in [1.29, 1.82) is 0 Å². The zero-order chi connectivity index (χ0) is 78.4. The van der Waals surface area contributed by atoms with Crippen LogP contribution in [0.15, 0.2) is 35.6 Å². The van der Waals surface area contributed by atoms with E-state index >= 15 is 8.63 Å². The smallest absolute Gasteiger partial charge is 0.464 e. The number of aromatic nitrogens is 1. The Kier molecular flexibility index (Phi) is 53.2. The van der Waals surface area contributed by atoms with Crippen LogP contribution >= 0.6 is 15.6 Å². The number of unbranched alkanes of at least 4 members (excludes halogenated alkanes) is 39. The van der Waals surface area contributed by atoms with Crippen molar-refractivity contribution >= 4 is 58.0 Å². The molecular formula is C82H144BF2N2O18P2-. The Balaban J connectivity index is 1.68. The molecular weight excluding hydrogens is 1410 g/mol. The highest BCUT2D eigenvalue weighted by Gasteiger charge is 2.48. The van der Waals surface area contributed by atoms with E-state index < -0.39 is 116 Å². The van der Waals surface area contributed by atoms with E-state index in [0.717, 1.165) is 106 Å². The van der Waals surface area contributed by atoms with E-state index in [2.05, 4.69) is 32.9 Å². The fourth-order valence-electron chi connectivity index (χ4n) is 14.2. The fraction of sp³-hybridized carbons (Fsp3) is 0.817. The summed E-state index contributed by atoms with van der Waals surface area (Å²) in [4.78, 5) is 88.4. The van der Waals surface area contributed by atoms with Crippen LogP contribution in [0.5, 0.6) is 0 Å². The summed E-state index contributed by atoms with van der Waals surface area (Å²) < 4.78 is 110. The molecule has 1 aromatic heterocycles. The minimum atomic E-state index is -5.20. The van der Waals surface area contributed by atoms with Crippen molar-refractivity contribution < 1.29 is 93.3 Å². The summed E-state index contributed by atoms with van der Waals surface area (Å²) in [5.74, 6) is -3.44. The number of carbonyl (C=O) groups is 5. The standard InChI is InChI=1S/C82H144BF2N2O18P2/c1-9-12-15-18-21-24-27-30-33-36-39-42-45-48-51-56-77(89)98-63-74(104-79(91)58-53-50-47-44-41-38-35-32-29-26-23-20-17-14-11-3)65-100-107(95,96)102-67-75(105-80(92)59-54-55-76-81-68(4)60-70(6)86(81)83(84,85)87-71(7)61-69(5)82(76)87)66-101-106(93,94)99-64-73(62-97-72(8)88)103-78(90)57-52-49-46-43-40-37-34-31-28-25-22-19-16-13-10-2/h31,34,60-61,70,73-75H,9-30,32-33,35-59,62-67H2,1-8H3,(H,93,94)(H,95,96)/q-1/b34-31+/t70?,73-,74+,75+/m0/s1. The van der Waals surface area contributed by atoms with E-state index in [1.54, 1.807) is 39.8 Å². The maximum atomic E-state index is 16.4. The van der Waals surface area contributed by atoms with Gasteiger partial charge in [0.2, 0.25) is 0 Å². The molecule has 1 aromatic rings. The Morgan fingerprint density at radius 2 is 0.766 bits per heavy atom. The van der Waals surface area contributed by atoms with Gasteiger partial charge < -0.3 is 51.4 Å². The Morgan fingerprint density at radius 1 is 0.458 bits per heavy atom. The van der Waals surface area contributed by atoms with Gasteiger partial charge in [-0.15, -0.1) is 0 Å². The van der Waals surface area contributed by atoms with Crippen LogP contribution in [0.4, 0.5) is 8.63 Å². The first-order valence-electron chi connectivity index (χ1n) is 42.1. The van der Waals surface area contributed by atoms with Gasteiger partial charge in [-0.25, -0.2) is 9.13 Å². The zero-order valence-corrected chi connectivity index (χ0v) is 69.3. The fourth-order valence-corrected chi connectivity index (χ4v) is 15.8. The molecule has 0 bridgehead atoms. The molecule has 2 aliphatic heterocycles. The Bertz CT molecular complexity index is 2820. The van der Waals surface area contributed by atoms with Crippen LogP contribution in [-0.4, -0.2) is 120 Å². The molecule has 0 aliphatic carbocycles. The van der Waals surface area contributed by atoms with Crippen LogP contribution in [-0.2, 0) is 74.9 Å². The van der Waals surface area contributed by atoms with Crippen LogP contribution in [0.3, 0.4) is 0 Å². The van der Waals surface area contributed by atoms with Gasteiger partial charge >= 0.3 is 52.5 Å². The minimum absolute atomic E-state index is 0.0303. The topological polar surface area (TPSA) is 251 Å². The monoisotopic (exact) mass is 1560 g/mol. The van der Waals surface area contributed by atoms with Crippen LogP contribution in [0.2, 0.25) is 0 Å². The minimum Gasteiger partial charge on any atom is -0.464 e. The van der Waals surface area contributed by atoms with E-state index in [0.29, 0.717) is 53.1 Å². The first-order valence-corrected chi connectivity index (χ1v) is 45.1. The predicted molar refractivity (Wildman–Crippen MR) is 422 cm³/mol. The van der Waals surface area contributed by atoms with Crippen molar-refractivity contribution in [3.05, 3.63) is 52.5 Å². The first-order chi connectivity index (χ1) is 51.4. The third-order valence-electron chi connectivity index (χ3n) is 20.1. The van der Waals surface area contributed by atoms with Crippen LogP contribution in [0.1, 0.15) is 373 Å². The summed E-state index contributed by atoms with van der Waals surface area (Å²) in [5.41, 5.74) is 3.04. The molecule has 0 saturated carbocycles. The average Bonchev–Trinajstić information content (AvgIpc) is 1.57. The van der Waals surface area contributed by atoms with E-state index in [9.17, 15) is 42.9 Å². The van der Waals surface area contributed by atoms with Crippen LogP contribution < -0.4 is 0 Å². The van der Waals surface area contributed by atoms with Gasteiger partial charge in [0.05, 0.1) is 26.4 Å². The van der Waals surface area contributed by atoms with Crippen LogP contribution in [0, 0.1) is 13.8 Å². The van der Waals surface area contributed by atoms with Crippen molar-refractivity contribution in [3.63, 3.8) is 0 Å². The Morgan fingerprint density at radius 3 is 1.12 bits per heavy atom. The van der Waals surface area contributed by atoms with Gasteiger partial charge in [-0.1, -0.05) is 270 Å². The van der Waals surface area contributed by atoms with Gasteiger partial charge in [0.15, 0.2) is 12.2 Å². The van der Waals surface area contributed by atoms with Crippen molar-refractivity contribution in [2.45, 2.75) is 394 Å². The van der Waals surface area contributed by atoms with Gasteiger partial charge in [-0.2, -0.15) is 0 Å². The molecule has 25 heteroatoms. The lowest BCUT2D eigenvalue weighted by molar-refractivity contribution is -0.161. The average molecular weight is 1560 g/mol. The molecule has 2 aliphatic rings.